The number of aryl methyl sites for hydroxylation is 2. The van der Waals surface area contributed by atoms with Gasteiger partial charge >= 0.3 is 0 Å². The summed E-state index contributed by atoms with van der Waals surface area (Å²) >= 11 is 0. The van der Waals surface area contributed by atoms with Crippen LogP contribution in [0.2, 0.25) is 0 Å². The van der Waals surface area contributed by atoms with Crippen molar-refractivity contribution in [1.82, 2.24) is 5.32 Å². The zero-order valence-electron chi connectivity index (χ0n) is 10.8. The van der Waals surface area contributed by atoms with E-state index >= 15 is 0 Å². The van der Waals surface area contributed by atoms with Crippen LogP contribution in [0.15, 0.2) is 18.2 Å². The lowest BCUT2D eigenvalue weighted by molar-refractivity contribution is -0.122. The van der Waals surface area contributed by atoms with Crippen molar-refractivity contribution in [3.8, 4) is 0 Å². The van der Waals surface area contributed by atoms with Gasteiger partial charge in [-0.2, -0.15) is 0 Å². The highest BCUT2D eigenvalue weighted by Gasteiger charge is 2.17. The number of amides is 1. The van der Waals surface area contributed by atoms with Crippen LogP contribution >= 0.6 is 0 Å². The van der Waals surface area contributed by atoms with Crippen LogP contribution in [0.1, 0.15) is 54.8 Å². The number of nitrogens with one attached hydrogen (secondary N) is 1. The fraction of sp³-hybridized carbons (Fsp3) is 0.533. The Kier molecular flexibility index (Phi) is 3.82. The van der Waals surface area contributed by atoms with Gasteiger partial charge < -0.3 is 5.32 Å². The van der Waals surface area contributed by atoms with Gasteiger partial charge in [0, 0.05) is 6.42 Å². The standard InChI is InChI=1S/C15H21NO/c1-11-8-12(2)10-13(9-11)14-6-4-3-5-7-15(17)16-14/h8-10,14H,3-7H2,1-2H3,(H,16,17). The number of carbonyl (C=O) groups is 1. The predicted octanol–water partition coefficient (Wildman–Crippen LogP) is 3.42. The van der Waals surface area contributed by atoms with E-state index < -0.39 is 0 Å². The van der Waals surface area contributed by atoms with E-state index in [0.29, 0.717) is 6.42 Å². The Balaban J connectivity index is 2.20. The van der Waals surface area contributed by atoms with Gasteiger partial charge in [0.1, 0.15) is 0 Å². The third kappa shape index (κ3) is 3.32. The van der Waals surface area contributed by atoms with Crippen LogP contribution in [0.3, 0.4) is 0 Å². The molecule has 1 unspecified atom stereocenters. The summed E-state index contributed by atoms with van der Waals surface area (Å²) in [6, 6.07) is 6.77. The third-order valence-electron chi connectivity index (χ3n) is 3.38. The number of benzene rings is 1. The fourth-order valence-electron chi connectivity index (χ4n) is 2.61. The largest absolute Gasteiger partial charge is 0.349 e. The molecule has 2 nitrogen and oxygen atoms in total. The molecule has 1 atom stereocenters. The summed E-state index contributed by atoms with van der Waals surface area (Å²) in [6.45, 7) is 4.22. The van der Waals surface area contributed by atoms with E-state index in [9.17, 15) is 4.79 Å². The number of hydrogen-bond donors (Lipinski definition) is 1. The molecular weight excluding hydrogens is 210 g/mol. The Morgan fingerprint density at radius 1 is 1.06 bits per heavy atom. The van der Waals surface area contributed by atoms with Crippen molar-refractivity contribution in [3.63, 3.8) is 0 Å². The molecule has 0 bridgehead atoms. The molecule has 1 N–H and O–H groups in total. The quantitative estimate of drug-likeness (QED) is 0.788. The zero-order chi connectivity index (χ0) is 12.3. The molecule has 1 aliphatic heterocycles. The van der Waals surface area contributed by atoms with E-state index in [4.69, 9.17) is 0 Å². The van der Waals surface area contributed by atoms with Crippen molar-refractivity contribution in [2.45, 2.75) is 52.0 Å². The predicted molar refractivity (Wildman–Crippen MR) is 69.9 cm³/mol. The smallest absolute Gasteiger partial charge is 0.220 e. The van der Waals surface area contributed by atoms with Crippen molar-refractivity contribution >= 4 is 5.91 Å². The van der Waals surface area contributed by atoms with E-state index in [1.165, 1.54) is 29.5 Å². The summed E-state index contributed by atoms with van der Waals surface area (Å²) in [4.78, 5) is 11.7. The molecule has 0 aliphatic carbocycles. The van der Waals surface area contributed by atoms with E-state index in [2.05, 4.69) is 37.4 Å². The first-order valence-electron chi connectivity index (χ1n) is 6.53. The summed E-state index contributed by atoms with van der Waals surface area (Å²) in [5, 5.41) is 3.15. The highest BCUT2D eigenvalue weighted by Crippen LogP contribution is 2.24. The summed E-state index contributed by atoms with van der Waals surface area (Å²) < 4.78 is 0. The minimum absolute atomic E-state index is 0.203. The minimum atomic E-state index is 0.203. The van der Waals surface area contributed by atoms with Crippen LogP contribution < -0.4 is 5.32 Å². The minimum Gasteiger partial charge on any atom is -0.349 e. The summed E-state index contributed by atoms with van der Waals surface area (Å²) in [6.07, 6.45) is 5.16. The highest BCUT2D eigenvalue weighted by atomic mass is 16.1. The number of hydrogen-bond acceptors (Lipinski definition) is 1. The van der Waals surface area contributed by atoms with Gasteiger partial charge in [-0.05, 0) is 32.3 Å². The summed E-state index contributed by atoms with van der Waals surface area (Å²) in [5.74, 6) is 0.203. The maximum absolute atomic E-state index is 11.7. The average Bonchev–Trinajstić information content (AvgIpc) is 2.21. The molecule has 1 fully saturated rings. The first kappa shape index (κ1) is 12.2. The van der Waals surface area contributed by atoms with Crippen molar-refractivity contribution in [2.24, 2.45) is 0 Å². The molecule has 1 heterocycles. The molecule has 2 rings (SSSR count). The third-order valence-corrected chi connectivity index (χ3v) is 3.38. The van der Waals surface area contributed by atoms with Crippen molar-refractivity contribution in [3.05, 3.63) is 34.9 Å². The van der Waals surface area contributed by atoms with Crippen molar-refractivity contribution in [1.29, 1.82) is 0 Å². The van der Waals surface area contributed by atoms with Crippen LogP contribution in [-0.4, -0.2) is 5.91 Å². The molecule has 1 aliphatic rings. The maximum atomic E-state index is 11.7. The van der Waals surface area contributed by atoms with Crippen LogP contribution in [0.25, 0.3) is 0 Å². The Hall–Kier alpha value is -1.31. The van der Waals surface area contributed by atoms with Crippen LogP contribution in [-0.2, 0) is 4.79 Å². The van der Waals surface area contributed by atoms with E-state index in [-0.39, 0.29) is 11.9 Å². The Morgan fingerprint density at radius 3 is 2.47 bits per heavy atom. The molecule has 0 radical (unpaired) electrons. The molecule has 1 amide bonds. The molecule has 17 heavy (non-hydrogen) atoms. The normalized spacial score (nSPS) is 21.5. The van der Waals surface area contributed by atoms with Gasteiger partial charge in [-0.25, -0.2) is 0 Å². The van der Waals surface area contributed by atoms with Gasteiger partial charge in [-0.3, -0.25) is 4.79 Å². The monoisotopic (exact) mass is 231 g/mol. The molecule has 1 aromatic rings. The van der Waals surface area contributed by atoms with E-state index in [0.717, 1.165) is 12.8 Å². The SMILES string of the molecule is Cc1cc(C)cc(C2CCCCCC(=O)N2)c1. The first-order valence-corrected chi connectivity index (χ1v) is 6.53. The lowest BCUT2D eigenvalue weighted by atomic mass is 9.95. The molecule has 0 saturated carbocycles. The first-order chi connectivity index (χ1) is 8.15. The van der Waals surface area contributed by atoms with Crippen LogP contribution in [0, 0.1) is 13.8 Å². The maximum Gasteiger partial charge on any atom is 0.220 e. The van der Waals surface area contributed by atoms with Gasteiger partial charge in [0.25, 0.3) is 0 Å². The van der Waals surface area contributed by atoms with E-state index in [1.807, 2.05) is 0 Å². The Morgan fingerprint density at radius 2 is 1.76 bits per heavy atom. The second-order valence-electron chi connectivity index (χ2n) is 5.14. The molecular formula is C15H21NO. The molecule has 0 spiro atoms. The summed E-state index contributed by atoms with van der Waals surface area (Å²) in [7, 11) is 0. The van der Waals surface area contributed by atoms with Crippen molar-refractivity contribution < 1.29 is 4.79 Å². The van der Waals surface area contributed by atoms with Gasteiger partial charge in [-0.15, -0.1) is 0 Å². The molecule has 92 valence electrons. The Bertz CT molecular complexity index is 391. The molecule has 1 aromatic carbocycles. The number of carbonyl (C=O) groups excluding carboxylic acids is 1. The van der Waals surface area contributed by atoms with Gasteiger partial charge in [0.2, 0.25) is 5.91 Å². The second-order valence-corrected chi connectivity index (χ2v) is 5.14. The molecule has 2 heteroatoms. The highest BCUT2D eigenvalue weighted by molar-refractivity contribution is 5.76. The van der Waals surface area contributed by atoms with E-state index in [1.54, 1.807) is 0 Å². The lowest BCUT2D eigenvalue weighted by Gasteiger charge is -2.22. The van der Waals surface area contributed by atoms with Crippen molar-refractivity contribution in [2.75, 3.05) is 0 Å². The zero-order valence-corrected chi connectivity index (χ0v) is 10.8. The van der Waals surface area contributed by atoms with Gasteiger partial charge in [-0.1, -0.05) is 42.2 Å². The van der Waals surface area contributed by atoms with Gasteiger partial charge in [0.05, 0.1) is 6.04 Å². The topological polar surface area (TPSA) is 29.1 Å². The summed E-state index contributed by atoms with van der Waals surface area (Å²) in [5.41, 5.74) is 3.81. The van der Waals surface area contributed by atoms with Crippen LogP contribution in [0.5, 0.6) is 0 Å². The Labute approximate surface area is 103 Å². The lowest BCUT2D eigenvalue weighted by Crippen LogP contribution is -2.29. The van der Waals surface area contributed by atoms with Crippen LogP contribution in [0.4, 0.5) is 0 Å². The molecule has 1 saturated heterocycles. The number of rotatable bonds is 1. The molecule has 0 aromatic heterocycles. The second kappa shape index (κ2) is 5.35. The fourth-order valence-corrected chi connectivity index (χ4v) is 2.61. The van der Waals surface area contributed by atoms with Gasteiger partial charge in [0.15, 0.2) is 0 Å². The average molecular weight is 231 g/mol.